The third kappa shape index (κ3) is 9.26. The molecule has 0 saturated carbocycles. The number of amides is 1. The molecular weight excluding hydrogens is 639 g/mol. The van der Waals surface area contributed by atoms with Crippen molar-refractivity contribution in [1.29, 1.82) is 0 Å². The number of hydrogen-bond acceptors (Lipinski definition) is 11. The molecule has 0 aliphatic carbocycles. The highest BCUT2D eigenvalue weighted by Gasteiger charge is 2.60. The molecular formula is C34H59N5O6S2. The summed E-state index contributed by atoms with van der Waals surface area (Å²) in [6, 6.07) is -0.234. The summed E-state index contributed by atoms with van der Waals surface area (Å²) in [5.74, 6) is -0.311. The molecule has 0 aromatic carbocycles. The average molecular weight is 698 g/mol. The number of carboxylic acid groups (broad SMARTS) is 1. The molecule has 0 bridgehead atoms. The van der Waals surface area contributed by atoms with Crippen LogP contribution in [0.2, 0.25) is 0 Å². The number of carbonyl (C=O) groups excluding carboxylic acids is 1. The Kier molecular flexibility index (Phi) is 13.8. The molecule has 1 amide bonds. The lowest BCUT2D eigenvalue weighted by molar-refractivity contribution is -0.163. The van der Waals surface area contributed by atoms with E-state index in [4.69, 9.17) is 10.2 Å². The van der Waals surface area contributed by atoms with E-state index in [1.165, 1.54) is 69.7 Å². The molecule has 6 aliphatic rings. The Bertz CT molecular complexity index is 1080. The number of carbonyl (C=O) groups is 2. The van der Waals surface area contributed by atoms with Crippen LogP contribution in [0.1, 0.15) is 52.4 Å². The summed E-state index contributed by atoms with van der Waals surface area (Å²) >= 11 is 6.17. The normalized spacial score (nSPS) is 32.4. The number of aliphatic hydroxyl groups excluding tert-OH is 3. The van der Waals surface area contributed by atoms with Gasteiger partial charge in [0.2, 0.25) is 5.91 Å². The number of aliphatic hydroxyl groups is 3. The largest absolute Gasteiger partial charge is 0.477 e. The summed E-state index contributed by atoms with van der Waals surface area (Å²) in [7, 11) is 0. The number of carboxylic acids is 1. The first-order valence-electron chi connectivity index (χ1n) is 18.0. The van der Waals surface area contributed by atoms with Crippen LogP contribution in [0.25, 0.3) is 0 Å². The van der Waals surface area contributed by atoms with Gasteiger partial charge in [-0.1, -0.05) is 6.92 Å². The van der Waals surface area contributed by atoms with Gasteiger partial charge in [0, 0.05) is 60.6 Å². The number of fused-ring (bicyclic) bond motifs is 1. The van der Waals surface area contributed by atoms with Crippen LogP contribution in [-0.4, -0.2) is 171 Å². The Morgan fingerprint density at radius 3 is 1.83 bits per heavy atom. The maximum atomic E-state index is 12.5. The lowest BCUT2D eigenvalue weighted by Crippen LogP contribution is -2.63. The molecule has 6 heterocycles. The van der Waals surface area contributed by atoms with Crippen LogP contribution >= 0.6 is 24.4 Å². The number of hydrogen-bond donors (Lipinski definition) is 5. The van der Waals surface area contributed by atoms with Crippen molar-refractivity contribution in [3.8, 4) is 0 Å². The molecule has 0 aromatic rings. The van der Waals surface area contributed by atoms with Gasteiger partial charge in [0.1, 0.15) is 5.70 Å². The summed E-state index contributed by atoms with van der Waals surface area (Å²) in [5.41, 5.74) is 0.138. The van der Waals surface area contributed by atoms with Gasteiger partial charge in [0.05, 0.1) is 31.3 Å². The van der Waals surface area contributed by atoms with Gasteiger partial charge in [0.25, 0.3) is 0 Å². The van der Waals surface area contributed by atoms with E-state index in [-0.39, 0.29) is 30.2 Å². The van der Waals surface area contributed by atoms with Gasteiger partial charge in [-0.3, -0.25) is 4.79 Å². The van der Waals surface area contributed by atoms with Crippen LogP contribution in [-0.2, 0) is 9.59 Å². The zero-order chi connectivity index (χ0) is 33.7. The minimum Gasteiger partial charge on any atom is -0.477 e. The number of thiol groups is 1. The summed E-state index contributed by atoms with van der Waals surface area (Å²) in [5, 5.41) is 38.7. The van der Waals surface area contributed by atoms with E-state index in [0.717, 1.165) is 63.1 Å². The molecule has 5 fully saturated rings. The molecule has 11 nitrogen and oxygen atoms in total. The van der Waals surface area contributed by atoms with Crippen molar-refractivity contribution in [3.05, 3.63) is 10.6 Å². The second-order valence-corrected chi connectivity index (χ2v) is 16.9. The van der Waals surface area contributed by atoms with Crippen LogP contribution in [0.3, 0.4) is 0 Å². The summed E-state index contributed by atoms with van der Waals surface area (Å²) in [6.07, 6.45) is 6.45. The number of likely N-dealkylation sites (tertiary alicyclic amines) is 4. The van der Waals surface area contributed by atoms with Gasteiger partial charge in [-0.15, -0.1) is 11.8 Å². The number of nitrogens with zero attached hydrogens (tertiary/aromatic N) is 5. The minimum atomic E-state index is -1.04. The maximum Gasteiger partial charge on any atom is 0.353 e. The van der Waals surface area contributed by atoms with Gasteiger partial charge >= 0.3 is 5.97 Å². The van der Waals surface area contributed by atoms with Crippen LogP contribution in [0, 0.1) is 23.7 Å². The molecule has 6 atom stereocenters. The Morgan fingerprint density at radius 1 is 0.851 bits per heavy atom. The van der Waals surface area contributed by atoms with E-state index in [1.54, 1.807) is 18.7 Å². The lowest BCUT2D eigenvalue weighted by Gasteiger charge is -2.46. The number of β-amino-alcohol motifs (C(OH)–C–C–N with tert-alkyl or cyclic N) is 2. The molecule has 13 heteroatoms. The smallest absolute Gasteiger partial charge is 0.353 e. The topological polar surface area (TPSA) is 131 Å². The zero-order valence-corrected chi connectivity index (χ0v) is 30.2. The monoisotopic (exact) mass is 697 g/mol. The van der Waals surface area contributed by atoms with Crippen LogP contribution in [0.5, 0.6) is 0 Å². The predicted octanol–water partition coefficient (Wildman–Crippen LogP) is 1.35. The standard InChI is InChI=1S/C22H35N3O5S.C12H24N2OS/c1-13-18-17(14(2)27)21(28)25(18)19(22(29)30)20(13)31-16-5-8-24(12-16)11-15-3-6-23(7-4-15)9-10-26;15-8-7-13-4-1-11(2-5-13)9-14-6-3-12(16)10-14/h13-18,26-27H,3-12H2,1-2H3,(H,29,30);11-12,15-16H,1-10H2/t13-,14-,16-,17-,18-;12-/m11/s1. The first-order chi connectivity index (χ1) is 22.6. The highest BCUT2D eigenvalue weighted by Crippen LogP contribution is 2.52. The fourth-order valence-corrected chi connectivity index (χ4v) is 10.6. The first-order valence-corrected chi connectivity index (χ1v) is 19.4. The average Bonchev–Trinajstić information content (AvgIpc) is 3.72. The van der Waals surface area contributed by atoms with E-state index in [9.17, 15) is 19.8 Å². The van der Waals surface area contributed by atoms with Gasteiger partial charge in [-0.2, -0.15) is 12.6 Å². The number of rotatable bonds is 12. The molecule has 6 rings (SSSR count). The van der Waals surface area contributed by atoms with Crippen molar-refractivity contribution in [2.24, 2.45) is 23.7 Å². The minimum absolute atomic E-state index is 0.0571. The van der Waals surface area contributed by atoms with Crippen molar-refractivity contribution in [1.82, 2.24) is 24.5 Å². The van der Waals surface area contributed by atoms with E-state index in [2.05, 4.69) is 32.2 Å². The summed E-state index contributed by atoms with van der Waals surface area (Å²) in [6.45, 7) is 17.0. The molecule has 47 heavy (non-hydrogen) atoms. The highest BCUT2D eigenvalue weighted by atomic mass is 32.2. The number of β-lactam (4-membered cyclic amide) rings is 1. The van der Waals surface area contributed by atoms with Crippen LogP contribution in [0.15, 0.2) is 10.6 Å². The fraction of sp³-hybridized carbons (Fsp3) is 0.882. The number of thioether (sulfide) groups is 1. The van der Waals surface area contributed by atoms with Gasteiger partial charge < -0.3 is 44.9 Å². The van der Waals surface area contributed by atoms with Crippen molar-refractivity contribution < 1.29 is 30.0 Å². The second kappa shape index (κ2) is 17.4. The lowest BCUT2D eigenvalue weighted by atomic mass is 9.79. The predicted molar refractivity (Wildman–Crippen MR) is 188 cm³/mol. The quantitative estimate of drug-likeness (QED) is 0.150. The third-order valence-electron chi connectivity index (χ3n) is 11.4. The molecule has 0 unspecified atom stereocenters. The van der Waals surface area contributed by atoms with Gasteiger partial charge in [0.15, 0.2) is 0 Å². The summed E-state index contributed by atoms with van der Waals surface area (Å²) < 4.78 is 0. The molecule has 5 saturated heterocycles. The van der Waals surface area contributed by atoms with E-state index < -0.39 is 18.0 Å². The highest BCUT2D eigenvalue weighted by molar-refractivity contribution is 8.03. The van der Waals surface area contributed by atoms with E-state index in [1.807, 2.05) is 6.92 Å². The Labute approximate surface area is 291 Å². The van der Waals surface area contributed by atoms with Crippen molar-refractivity contribution in [2.75, 3.05) is 91.8 Å². The van der Waals surface area contributed by atoms with Gasteiger partial charge in [-0.25, -0.2) is 4.79 Å². The van der Waals surface area contributed by atoms with Crippen molar-refractivity contribution in [3.63, 3.8) is 0 Å². The van der Waals surface area contributed by atoms with E-state index >= 15 is 0 Å². The number of aliphatic carboxylic acids is 1. The first kappa shape index (κ1) is 37.4. The molecule has 0 spiro atoms. The Hall–Kier alpha value is -0.900. The van der Waals surface area contributed by atoms with Crippen LogP contribution < -0.4 is 0 Å². The third-order valence-corrected chi connectivity index (χ3v) is 13.3. The maximum absolute atomic E-state index is 12.5. The molecule has 0 radical (unpaired) electrons. The van der Waals surface area contributed by atoms with Crippen LogP contribution in [0.4, 0.5) is 0 Å². The molecule has 268 valence electrons. The Morgan fingerprint density at radius 2 is 1.36 bits per heavy atom. The SMILES string of the molecule is C[C@@H](O)[C@H]1C(=O)N2C(C(=O)O)=C(S[C@@H]3CCN(CC4CCN(CCO)CC4)C3)[C@H](C)[C@H]12.OCCN1CCC(CN2CC[C@@H](S)C2)CC1. The number of piperidine rings is 2. The molecule has 4 N–H and O–H groups in total. The van der Waals surface area contributed by atoms with E-state index in [0.29, 0.717) is 23.0 Å². The zero-order valence-electron chi connectivity index (χ0n) is 28.5. The Balaban J connectivity index is 0.000000227. The van der Waals surface area contributed by atoms with Crippen molar-refractivity contribution in [2.45, 2.75) is 75.0 Å². The summed E-state index contributed by atoms with van der Waals surface area (Å²) in [4.78, 5) is 36.5. The molecule has 6 aliphatic heterocycles. The fourth-order valence-electron chi connectivity index (χ4n) is 8.69. The second-order valence-electron chi connectivity index (χ2n) is 14.8. The molecule has 0 aromatic heterocycles. The van der Waals surface area contributed by atoms with Crippen molar-refractivity contribution >= 4 is 36.3 Å². The van der Waals surface area contributed by atoms with Gasteiger partial charge in [-0.05, 0) is 96.6 Å².